The van der Waals surface area contributed by atoms with E-state index in [0.29, 0.717) is 23.8 Å². The highest BCUT2D eigenvalue weighted by Gasteiger charge is 2.23. The first-order valence-electron chi connectivity index (χ1n) is 7.88. The summed E-state index contributed by atoms with van der Waals surface area (Å²) >= 11 is 6.01. The molecule has 0 saturated carbocycles. The number of rotatable bonds is 5. The third-order valence-electron chi connectivity index (χ3n) is 4.22. The highest BCUT2D eigenvalue weighted by atomic mass is 35.5. The van der Waals surface area contributed by atoms with E-state index in [9.17, 15) is 13.2 Å². The van der Waals surface area contributed by atoms with Gasteiger partial charge < -0.3 is 9.80 Å². The minimum Gasteiger partial charge on any atom is -0.340 e. The summed E-state index contributed by atoms with van der Waals surface area (Å²) in [7, 11) is -1.47. The highest BCUT2D eigenvalue weighted by Crippen LogP contribution is 2.26. The molecule has 6 nitrogen and oxygen atoms in total. The second-order valence-electron chi connectivity index (χ2n) is 6.20. The lowest BCUT2D eigenvalue weighted by atomic mass is 10.2. The van der Waals surface area contributed by atoms with Crippen LogP contribution in [0.2, 0.25) is 5.02 Å². The van der Waals surface area contributed by atoms with Crippen molar-refractivity contribution < 1.29 is 13.2 Å². The van der Waals surface area contributed by atoms with Crippen LogP contribution in [-0.4, -0.2) is 70.2 Å². The van der Waals surface area contributed by atoms with Gasteiger partial charge in [-0.15, -0.1) is 0 Å². The Bertz CT molecular complexity index is 701. The zero-order valence-electron chi connectivity index (χ0n) is 14.3. The van der Waals surface area contributed by atoms with Crippen LogP contribution in [-0.2, 0) is 14.8 Å². The molecule has 1 aromatic rings. The average molecular weight is 374 g/mol. The van der Waals surface area contributed by atoms with E-state index in [1.807, 2.05) is 14.0 Å². The maximum Gasteiger partial charge on any atom is 0.232 e. The van der Waals surface area contributed by atoms with Crippen LogP contribution in [0.15, 0.2) is 18.2 Å². The molecule has 0 bridgehead atoms. The molecule has 2 rings (SSSR count). The van der Waals surface area contributed by atoms with Crippen LogP contribution in [0.1, 0.15) is 12.0 Å². The lowest BCUT2D eigenvalue weighted by Crippen LogP contribution is -2.48. The number of hydrogen-bond acceptors (Lipinski definition) is 4. The topological polar surface area (TPSA) is 60.9 Å². The molecule has 1 aliphatic rings. The van der Waals surface area contributed by atoms with Gasteiger partial charge in [0.1, 0.15) is 0 Å². The molecule has 1 fully saturated rings. The second kappa shape index (κ2) is 7.72. The van der Waals surface area contributed by atoms with Crippen LogP contribution in [0.25, 0.3) is 0 Å². The van der Waals surface area contributed by atoms with Crippen molar-refractivity contribution in [2.45, 2.75) is 13.3 Å². The number of nitrogens with zero attached hydrogens (tertiary/aromatic N) is 3. The molecule has 0 radical (unpaired) electrons. The molecule has 1 saturated heterocycles. The number of piperazine rings is 1. The molecule has 0 spiro atoms. The number of amides is 1. The smallest absolute Gasteiger partial charge is 0.232 e. The summed E-state index contributed by atoms with van der Waals surface area (Å²) in [6.45, 7) is 5.00. The van der Waals surface area contributed by atoms with E-state index in [-0.39, 0.29) is 18.9 Å². The summed E-state index contributed by atoms with van der Waals surface area (Å²) in [5.41, 5.74) is 1.33. The molecule has 0 unspecified atom stereocenters. The summed E-state index contributed by atoms with van der Waals surface area (Å²) in [5.74, 6) is -0.0172. The van der Waals surface area contributed by atoms with Crippen molar-refractivity contribution in [3.63, 3.8) is 0 Å². The Hall–Kier alpha value is -1.31. The van der Waals surface area contributed by atoms with Gasteiger partial charge in [0.05, 0.1) is 11.9 Å². The van der Waals surface area contributed by atoms with E-state index >= 15 is 0 Å². The zero-order chi connectivity index (χ0) is 17.9. The van der Waals surface area contributed by atoms with Crippen molar-refractivity contribution in [1.29, 1.82) is 0 Å². The van der Waals surface area contributed by atoms with Gasteiger partial charge in [-0.3, -0.25) is 9.10 Å². The Morgan fingerprint density at radius 1 is 1.25 bits per heavy atom. The Labute approximate surface area is 149 Å². The predicted molar refractivity (Wildman–Crippen MR) is 97.1 cm³/mol. The Kier molecular flexibility index (Phi) is 6.11. The summed E-state index contributed by atoms with van der Waals surface area (Å²) in [5, 5.41) is 0.467. The number of carbonyl (C=O) groups excluding carboxylic acids is 1. The van der Waals surface area contributed by atoms with E-state index in [0.717, 1.165) is 24.9 Å². The molecule has 0 N–H and O–H groups in total. The molecule has 1 aliphatic heterocycles. The Morgan fingerprint density at radius 2 is 1.88 bits per heavy atom. The van der Waals surface area contributed by atoms with Gasteiger partial charge in [0.15, 0.2) is 0 Å². The van der Waals surface area contributed by atoms with Gasteiger partial charge in [-0.2, -0.15) is 0 Å². The third kappa shape index (κ3) is 4.84. The van der Waals surface area contributed by atoms with Crippen LogP contribution in [0.5, 0.6) is 0 Å². The summed E-state index contributed by atoms with van der Waals surface area (Å²) in [6, 6.07) is 5.12. The highest BCUT2D eigenvalue weighted by molar-refractivity contribution is 7.92. The summed E-state index contributed by atoms with van der Waals surface area (Å²) < 4.78 is 25.6. The van der Waals surface area contributed by atoms with Gasteiger partial charge >= 0.3 is 0 Å². The van der Waals surface area contributed by atoms with E-state index < -0.39 is 10.0 Å². The van der Waals surface area contributed by atoms with Gasteiger partial charge in [0.2, 0.25) is 15.9 Å². The summed E-state index contributed by atoms with van der Waals surface area (Å²) in [6.07, 6.45) is 1.30. The average Bonchev–Trinajstić information content (AvgIpc) is 2.50. The van der Waals surface area contributed by atoms with Gasteiger partial charge in [0, 0.05) is 44.2 Å². The van der Waals surface area contributed by atoms with E-state index in [1.54, 1.807) is 23.1 Å². The lowest BCUT2D eigenvalue weighted by molar-refractivity contribution is -0.132. The van der Waals surface area contributed by atoms with Crippen LogP contribution in [0.4, 0.5) is 5.69 Å². The van der Waals surface area contributed by atoms with Crippen LogP contribution in [0.3, 0.4) is 0 Å². The monoisotopic (exact) mass is 373 g/mol. The van der Waals surface area contributed by atoms with E-state index in [4.69, 9.17) is 11.6 Å². The van der Waals surface area contributed by atoms with Crippen molar-refractivity contribution in [1.82, 2.24) is 9.80 Å². The number of sulfonamides is 1. The van der Waals surface area contributed by atoms with E-state index in [1.165, 1.54) is 4.31 Å². The van der Waals surface area contributed by atoms with Gasteiger partial charge in [-0.05, 0) is 31.7 Å². The number of anilines is 1. The molecule has 0 aromatic heterocycles. The molecule has 0 aliphatic carbocycles. The van der Waals surface area contributed by atoms with Crippen LogP contribution >= 0.6 is 11.6 Å². The first kappa shape index (κ1) is 19.0. The quantitative estimate of drug-likeness (QED) is 0.786. The third-order valence-corrected chi connectivity index (χ3v) is 5.64. The first-order valence-corrected chi connectivity index (χ1v) is 10.1. The molecule has 1 heterocycles. The summed E-state index contributed by atoms with van der Waals surface area (Å²) in [4.78, 5) is 16.3. The first-order chi connectivity index (χ1) is 11.2. The minimum absolute atomic E-state index is 0.0172. The molecular formula is C16H24ClN3O3S. The maximum atomic E-state index is 12.4. The number of halogens is 1. The van der Waals surface area contributed by atoms with Crippen LogP contribution in [0, 0.1) is 6.92 Å². The lowest BCUT2D eigenvalue weighted by Gasteiger charge is -2.33. The maximum absolute atomic E-state index is 12.4. The number of likely N-dealkylation sites (N-methyl/N-ethyl adjacent to an activating group) is 1. The molecule has 134 valence electrons. The van der Waals surface area contributed by atoms with Crippen molar-refractivity contribution in [3.05, 3.63) is 28.8 Å². The van der Waals surface area contributed by atoms with Gasteiger partial charge in [-0.1, -0.05) is 17.7 Å². The number of carbonyl (C=O) groups is 1. The molecule has 1 amide bonds. The Balaban J connectivity index is 2.10. The minimum atomic E-state index is -3.50. The SMILES string of the molecule is Cc1ccc(Cl)cc1N(CCC(=O)N1CCN(C)CC1)S(C)(=O)=O. The van der Waals surface area contributed by atoms with Crippen molar-refractivity contribution in [2.24, 2.45) is 0 Å². The predicted octanol–water partition coefficient (Wildman–Crippen LogP) is 1.58. The zero-order valence-corrected chi connectivity index (χ0v) is 15.9. The Morgan fingerprint density at radius 3 is 2.46 bits per heavy atom. The van der Waals surface area contributed by atoms with Crippen molar-refractivity contribution in [3.8, 4) is 0 Å². The molecule has 8 heteroatoms. The van der Waals surface area contributed by atoms with Crippen molar-refractivity contribution >= 4 is 33.2 Å². The fraction of sp³-hybridized carbons (Fsp3) is 0.562. The number of aryl methyl sites for hydroxylation is 1. The van der Waals surface area contributed by atoms with Gasteiger partial charge in [-0.25, -0.2) is 8.42 Å². The largest absolute Gasteiger partial charge is 0.340 e. The standard InChI is InChI=1S/C16H24ClN3O3S/c1-13-4-5-14(17)12-15(13)20(24(3,22)23)7-6-16(21)19-10-8-18(2)9-11-19/h4-5,12H,6-11H2,1-3H3. The van der Waals surface area contributed by atoms with Crippen LogP contribution < -0.4 is 4.31 Å². The number of benzene rings is 1. The fourth-order valence-electron chi connectivity index (χ4n) is 2.73. The fourth-order valence-corrected chi connectivity index (χ4v) is 3.87. The van der Waals surface area contributed by atoms with E-state index in [2.05, 4.69) is 4.90 Å². The molecule has 1 aromatic carbocycles. The van der Waals surface area contributed by atoms with Crippen molar-refractivity contribution in [2.75, 3.05) is 50.3 Å². The van der Waals surface area contributed by atoms with Gasteiger partial charge in [0.25, 0.3) is 0 Å². The number of hydrogen-bond donors (Lipinski definition) is 0. The normalized spacial score (nSPS) is 16.2. The molecule has 0 atom stereocenters. The molecular weight excluding hydrogens is 350 g/mol. The molecule has 24 heavy (non-hydrogen) atoms. The second-order valence-corrected chi connectivity index (χ2v) is 8.54.